The molecule has 20 heavy (non-hydrogen) atoms. The third-order valence-corrected chi connectivity index (χ3v) is 3.47. The Balaban J connectivity index is 2.24. The number of nitrogens with two attached hydrogens (primary N) is 1. The molecule has 2 rings (SSSR count). The molecule has 0 aliphatic rings. The van der Waals surface area contributed by atoms with E-state index in [4.69, 9.17) is 22.1 Å². The van der Waals surface area contributed by atoms with Gasteiger partial charge < -0.3 is 10.5 Å². The number of methoxy groups -OCH3 is 1. The summed E-state index contributed by atoms with van der Waals surface area (Å²) in [6.07, 6.45) is 0.232. The van der Waals surface area contributed by atoms with Gasteiger partial charge in [0.1, 0.15) is 5.75 Å². The van der Waals surface area contributed by atoms with Crippen LogP contribution in [-0.2, 0) is 6.42 Å². The highest BCUT2D eigenvalue weighted by atomic mass is 35.5. The van der Waals surface area contributed by atoms with Crippen LogP contribution in [0.5, 0.6) is 5.75 Å². The third-order valence-electron chi connectivity index (χ3n) is 3.12. The number of ether oxygens (including phenoxy) is 1. The predicted octanol–water partition coefficient (Wildman–Crippen LogP) is 3.66. The first-order valence-corrected chi connectivity index (χ1v) is 6.61. The van der Waals surface area contributed by atoms with E-state index in [0.717, 1.165) is 11.1 Å². The maximum absolute atomic E-state index is 12.3. The Morgan fingerprint density at radius 1 is 1.25 bits per heavy atom. The van der Waals surface area contributed by atoms with Crippen molar-refractivity contribution in [2.45, 2.75) is 13.3 Å². The summed E-state index contributed by atoms with van der Waals surface area (Å²) >= 11 is 6.15. The van der Waals surface area contributed by atoms with Gasteiger partial charge in [-0.25, -0.2) is 0 Å². The molecule has 0 unspecified atom stereocenters. The van der Waals surface area contributed by atoms with Crippen molar-refractivity contribution in [2.75, 3.05) is 12.8 Å². The lowest BCUT2D eigenvalue weighted by Gasteiger charge is -2.08. The fourth-order valence-electron chi connectivity index (χ4n) is 1.99. The van der Waals surface area contributed by atoms with Crippen LogP contribution in [0.15, 0.2) is 36.4 Å². The maximum atomic E-state index is 12.3. The van der Waals surface area contributed by atoms with Crippen molar-refractivity contribution >= 4 is 23.1 Å². The zero-order chi connectivity index (χ0) is 14.7. The smallest absolute Gasteiger partial charge is 0.169 e. The first-order chi connectivity index (χ1) is 9.51. The molecule has 0 amide bonds. The molecule has 0 atom stereocenters. The number of anilines is 1. The van der Waals surface area contributed by atoms with Crippen LogP contribution in [0.3, 0.4) is 0 Å². The number of Topliss-reactive ketones (excluding diaryl/α,β-unsaturated/α-hetero) is 1. The second-order valence-corrected chi connectivity index (χ2v) is 5.06. The summed E-state index contributed by atoms with van der Waals surface area (Å²) in [6.45, 7) is 1.96. The van der Waals surface area contributed by atoms with Crippen LogP contribution in [0.4, 0.5) is 5.69 Å². The van der Waals surface area contributed by atoms with E-state index in [0.29, 0.717) is 22.0 Å². The van der Waals surface area contributed by atoms with Gasteiger partial charge in [-0.1, -0.05) is 23.7 Å². The van der Waals surface area contributed by atoms with E-state index < -0.39 is 0 Å². The molecule has 2 N–H and O–H groups in total. The third kappa shape index (κ3) is 3.11. The molecule has 0 saturated carbocycles. The number of hydrogen-bond donors (Lipinski definition) is 1. The molecule has 2 aromatic carbocycles. The number of halogens is 1. The number of rotatable bonds is 4. The van der Waals surface area contributed by atoms with E-state index in [1.54, 1.807) is 25.3 Å². The Morgan fingerprint density at radius 3 is 2.60 bits per heavy atom. The van der Waals surface area contributed by atoms with E-state index in [2.05, 4.69) is 0 Å². The van der Waals surface area contributed by atoms with Crippen LogP contribution in [-0.4, -0.2) is 12.9 Å². The predicted molar refractivity (Wildman–Crippen MR) is 81.6 cm³/mol. The largest absolute Gasteiger partial charge is 0.497 e. The average Bonchev–Trinajstić information content (AvgIpc) is 2.41. The molecule has 0 fully saturated rings. The minimum absolute atomic E-state index is 0.0593. The highest BCUT2D eigenvalue weighted by Crippen LogP contribution is 2.23. The van der Waals surface area contributed by atoms with Crippen molar-refractivity contribution in [1.82, 2.24) is 0 Å². The first kappa shape index (κ1) is 14.4. The van der Waals surface area contributed by atoms with Crippen molar-refractivity contribution in [3.63, 3.8) is 0 Å². The van der Waals surface area contributed by atoms with Crippen molar-refractivity contribution < 1.29 is 9.53 Å². The summed E-state index contributed by atoms with van der Waals surface area (Å²) in [5.74, 6) is 0.573. The summed E-state index contributed by atoms with van der Waals surface area (Å²) in [4.78, 5) is 12.3. The van der Waals surface area contributed by atoms with Crippen molar-refractivity contribution in [2.24, 2.45) is 0 Å². The molecular weight excluding hydrogens is 274 g/mol. The molecular formula is C16H16ClNO2. The Morgan fingerprint density at radius 2 is 2.00 bits per heavy atom. The number of hydrogen-bond acceptors (Lipinski definition) is 3. The van der Waals surface area contributed by atoms with Crippen LogP contribution >= 0.6 is 11.6 Å². The Bertz CT molecular complexity index is 653. The first-order valence-electron chi connectivity index (χ1n) is 6.23. The van der Waals surface area contributed by atoms with E-state index in [-0.39, 0.29) is 12.2 Å². The number of carbonyl (C=O) groups excluding carboxylic acids is 1. The molecule has 0 saturated heterocycles. The number of carbonyl (C=O) groups is 1. The van der Waals surface area contributed by atoms with Gasteiger partial charge in [-0.05, 0) is 36.2 Å². The quantitative estimate of drug-likeness (QED) is 0.690. The fraction of sp³-hybridized carbons (Fsp3) is 0.188. The lowest BCUT2D eigenvalue weighted by Crippen LogP contribution is -2.07. The Kier molecular flexibility index (Phi) is 4.30. The Labute approximate surface area is 123 Å². The van der Waals surface area contributed by atoms with E-state index in [1.807, 2.05) is 25.1 Å². The molecule has 2 aromatic rings. The van der Waals surface area contributed by atoms with Crippen molar-refractivity contribution in [3.8, 4) is 5.75 Å². The molecule has 0 aliphatic carbocycles. The second-order valence-electron chi connectivity index (χ2n) is 4.65. The second kappa shape index (κ2) is 5.97. The lowest BCUT2D eigenvalue weighted by atomic mass is 10.0. The van der Waals surface area contributed by atoms with Crippen LogP contribution in [0.25, 0.3) is 0 Å². The molecule has 0 heterocycles. The molecule has 0 bridgehead atoms. The van der Waals surface area contributed by atoms with Crippen LogP contribution in [0.2, 0.25) is 5.02 Å². The van der Waals surface area contributed by atoms with Crippen LogP contribution < -0.4 is 10.5 Å². The zero-order valence-corrected chi connectivity index (χ0v) is 12.2. The van der Waals surface area contributed by atoms with Gasteiger partial charge in [0.25, 0.3) is 0 Å². The summed E-state index contributed by atoms with van der Waals surface area (Å²) < 4.78 is 5.07. The van der Waals surface area contributed by atoms with E-state index in [9.17, 15) is 4.79 Å². The molecule has 0 aromatic heterocycles. The van der Waals surface area contributed by atoms with Crippen molar-refractivity contribution in [1.29, 1.82) is 0 Å². The minimum atomic E-state index is -0.0593. The summed E-state index contributed by atoms with van der Waals surface area (Å²) in [5, 5.41) is 0.602. The van der Waals surface area contributed by atoms with Gasteiger partial charge in [-0.2, -0.15) is 0 Å². The summed E-state index contributed by atoms with van der Waals surface area (Å²) in [5.41, 5.74) is 8.65. The number of nitrogen functional groups attached to an aromatic ring is 1. The van der Waals surface area contributed by atoms with Crippen molar-refractivity contribution in [3.05, 3.63) is 58.1 Å². The van der Waals surface area contributed by atoms with Gasteiger partial charge in [-0.15, -0.1) is 0 Å². The number of benzene rings is 2. The molecule has 104 valence electrons. The topological polar surface area (TPSA) is 52.3 Å². The average molecular weight is 290 g/mol. The zero-order valence-electron chi connectivity index (χ0n) is 11.4. The van der Waals surface area contributed by atoms with Gasteiger partial charge in [0, 0.05) is 28.8 Å². The molecule has 0 spiro atoms. The van der Waals surface area contributed by atoms with Gasteiger partial charge in [-0.3, -0.25) is 4.79 Å². The molecule has 0 radical (unpaired) electrons. The molecule has 0 aliphatic heterocycles. The number of aryl methyl sites for hydroxylation is 1. The normalized spacial score (nSPS) is 10.3. The highest BCUT2D eigenvalue weighted by molar-refractivity contribution is 6.31. The van der Waals surface area contributed by atoms with Gasteiger partial charge in [0.2, 0.25) is 0 Å². The van der Waals surface area contributed by atoms with Gasteiger partial charge in [0.05, 0.1) is 7.11 Å². The SMILES string of the molecule is COc1ccc(C(=O)Cc2ccc(C)cc2Cl)c(N)c1. The Hall–Kier alpha value is -2.00. The summed E-state index contributed by atoms with van der Waals surface area (Å²) in [6, 6.07) is 10.7. The van der Waals surface area contributed by atoms with Crippen LogP contribution in [0.1, 0.15) is 21.5 Å². The number of ketones is 1. The van der Waals surface area contributed by atoms with Gasteiger partial charge >= 0.3 is 0 Å². The standard InChI is InChI=1S/C16H16ClNO2/c1-10-3-4-11(14(17)7-10)8-16(19)13-6-5-12(20-2)9-15(13)18/h3-7,9H,8,18H2,1-2H3. The lowest BCUT2D eigenvalue weighted by molar-refractivity contribution is 0.0994. The van der Waals surface area contributed by atoms with E-state index >= 15 is 0 Å². The molecule has 3 nitrogen and oxygen atoms in total. The molecule has 4 heteroatoms. The van der Waals surface area contributed by atoms with Gasteiger partial charge in [0.15, 0.2) is 5.78 Å². The van der Waals surface area contributed by atoms with Crippen LogP contribution in [0, 0.1) is 6.92 Å². The summed E-state index contributed by atoms with van der Waals surface area (Å²) in [7, 11) is 1.56. The maximum Gasteiger partial charge on any atom is 0.169 e. The fourth-order valence-corrected chi connectivity index (χ4v) is 2.29. The van der Waals surface area contributed by atoms with E-state index in [1.165, 1.54) is 0 Å². The monoisotopic (exact) mass is 289 g/mol. The highest BCUT2D eigenvalue weighted by Gasteiger charge is 2.13. The minimum Gasteiger partial charge on any atom is -0.497 e.